The largest absolute Gasteiger partial charge is 0.314 e. The molecule has 0 radical (unpaired) electrons. The molecule has 2 aromatic carbocycles. The van der Waals surface area contributed by atoms with Crippen LogP contribution < -0.4 is 0 Å². The summed E-state index contributed by atoms with van der Waals surface area (Å²) in [6.45, 7) is 6.47. The van der Waals surface area contributed by atoms with Crippen molar-refractivity contribution < 1.29 is 0 Å². The molecule has 1 heterocycles. The molecule has 20 heavy (non-hydrogen) atoms. The number of hydrogen-bond donors (Lipinski definition) is 0. The zero-order valence-corrected chi connectivity index (χ0v) is 12.2. The highest BCUT2D eigenvalue weighted by molar-refractivity contribution is 5.64. The first-order valence-corrected chi connectivity index (χ1v) is 6.98. The van der Waals surface area contributed by atoms with Crippen LogP contribution in [0.3, 0.4) is 0 Å². The first kappa shape index (κ1) is 12.7. The van der Waals surface area contributed by atoms with Crippen LogP contribution in [0.1, 0.15) is 16.8 Å². The number of hydrogen-bond acceptors (Lipinski definition) is 0. The van der Waals surface area contributed by atoms with Gasteiger partial charge in [0.1, 0.15) is 0 Å². The van der Waals surface area contributed by atoms with E-state index in [1.165, 1.54) is 33.8 Å². The fraction of sp³-hybridized carbons (Fsp3) is 0.158. The van der Waals surface area contributed by atoms with Crippen LogP contribution >= 0.6 is 0 Å². The van der Waals surface area contributed by atoms with E-state index >= 15 is 0 Å². The van der Waals surface area contributed by atoms with Gasteiger partial charge in [-0.15, -0.1) is 0 Å². The number of nitrogens with zero attached hydrogens (tertiary/aromatic N) is 1. The monoisotopic (exact) mass is 261 g/mol. The van der Waals surface area contributed by atoms with E-state index in [0.29, 0.717) is 0 Å². The van der Waals surface area contributed by atoms with Crippen LogP contribution in [0, 0.1) is 20.8 Å². The lowest BCUT2D eigenvalue weighted by Crippen LogP contribution is -1.99. The minimum Gasteiger partial charge on any atom is -0.314 e. The Morgan fingerprint density at radius 1 is 0.700 bits per heavy atom. The average Bonchev–Trinajstić information content (AvgIpc) is 2.85. The smallest absolute Gasteiger partial charge is 0.0531 e. The van der Waals surface area contributed by atoms with Gasteiger partial charge in [0.15, 0.2) is 0 Å². The Morgan fingerprint density at radius 2 is 1.45 bits per heavy atom. The molecule has 100 valence electrons. The maximum Gasteiger partial charge on any atom is 0.0531 e. The summed E-state index contributed by atoms with van der Waals surface area (Å²) in [5, 5.41) is 0. The van der Waals surface area contributed by atoms with E-state index in [1.54, 1.807) is 0 Å². The molecule has 0 amide bonds. The molecule has 3 rings (SSSR count). The lowest BCUT2D eigenvalue weighted by atomic mass is 10.1. The number of rotatable bonds is 2. The summed E-state index contributed by atoms with van der Waals surface area (Å²) in [6, 6.07) is 21.6. The third kappa shape index (κ3) is 2.16. The Labute approximate surface area is 120 Å². The summed E-state index contributed by atoms with van der Waals surface area (Å²) in [5.41, 5.74) is 7.64. The fourth-order valence-corrected chi connectivity index (χ4v) is 2.58. The van der Waals surface area contributed by atoms with Gasteiger partial charge >= 0.3 is 0 Å². The zero-order chi connectivity index (χ0) is 14.1. The van der Waals surface area contributed by atoms with E-state index in [-0.39, 0.29) is 0 Å². The maximum atomic E-state index is 2.32. The van der Waals surface area contributed by atoms with Crippen molar-refractivity contribution in [3.63, 3.8) is 0 Å². The van der Waals surface area contributed by atoms with Crippen molar-refractivity contribution in [2.24, 2.45) is 0 Å². The first-order valence-electron chi connectivity index (χ1n) is 6.98. The van der Waals surface area contributed by atoms with Crippen molar-refractivity contribution in [2.45, 2.75) is 20.8 Å². The molecule has 0 saturated carbocycles. The van der Waals surface area contributed by atoms with E-state index in [4.69, 9.17) is 0 Å². The topological polar surface area (TPSA) is 4.93 Å². The standard InChI is InChI=1S/C19H19N/c1-14-9-11-18(13-15(14)2)20-16(3)10-12-19(20)17-7-5-4-6-8-17/h4-13H,1-3H3. The maximum absolute atomic E-state index is 2.32. The molecule has 0 unspecified atom stereocenters. The van der Waals surface area contributed by atoms with Crippen LogP contribution in [0.25, 0.3) is 16.9 Å². The fourth-order valence-electron chi connectivity index (χ4n) is 2.58. The van der Waals surface area contributed by atoms with E-state index < -0.39 is 0 Å². The van der Waals surface area contributed by atoms with Crippen LogP contribution in [0.4, 0.5) is 0 Å². The number of aromatic nitrogens is 1. The number of benzene rings is 2. The molecule has 0 fully saturated rings. The molecule has 0 aliphatic heterocycles. The van der Waals surface area contributed by atoms with Gasteiger partial charge in [-0.2, -0.15) is 0 Å². The van der Waals surface area contributed by atoms with Gasteiger partial charge < -0.3 is 4.57 Å². The summed E-state index contributed by atoms with van der Waals surface area (Å²) in [5.74, 6) is 0. The second kappa shape index (κ2) is 5.01. The highest BCUT2D eigenvalue weighted by atomic mass is 15.0. The van der Waals surface area contributed by atoms with Crippen LogP contribution in [0.15, 0.2) is 60.7 Å². The molecule has 0 bridgehead atoms. The molecule has 0 aliphatic carbocycles. The lowest BCUT2D eigenvalue weighted by molar-refractivity contribution is 1.02. The van der Waals surface area contributed by atoms with E-state index in [2.05, 4.69) is 86.0 Å². The highest BCUT2D eigenvalue weighted by Gasteiger charge is 2.09. The highest BCUT2D eigenvalue weighted by Crippen LogP contribution is 2.27. The van der Waals surface area contributed by atoms with Gasteiger partial charge in [0, 0.05) is 11.4 Å². The van der Waals surface area contributed by atoms with Crippen LogP contribution in [-0.4, -0.2) is 4.57 Å². The summed E-state index contributed by atoms with van der Waals surface area (Å²) < 4.78 is 2.32. The summed E-state index contributed by atoms with van der Waals surface area (Å²) in [7, 11) is 0. The molecular formula is C19H19N. The third-order valence-corrected chi connectivity index (χ3v) is 3.89. The van der Waals surface area contributed by atoms with Gasteiger partial charge in [-0.25, -0.2) is 0 Å². The second-order valence-corrected chi connectivity index (χ2v) is 5.33. The van der Waals surface area contributed by atoms with Gasteiger partial charge in [0.2, 0.25) is 0 Å². The minimum absolute atomic E-state index is 1.23. The van der Waals surface area contributed by atoms with Crippen molar-refractivity contribution in [1.29, 1.82) is 0 Å². The molecule has 0 spiro atoms. The van der Waals surface area contributed by atoms with Gasteiger partial charge in [0.25, 0.3) is 0 Å². The Balaban J connectivity index is 2.19. The molecule has 1 heteroatoms. The van der Waals surface area contributed by atoms with Crippen molar-refractivity contribution in [1.82, 2.24) is 4.57 Å². The zero-order valence-electron chi connectivity index (χ0n) is 12.2. The summed E-state index contributed by atoms with van der Waals surface area (Å²) >= 11 is 0. The molecular weight excluding hydrogens is 242 g/mol. The Bertz CT molecular complexity index is 736. The van der Waals surface area contributed by atoms with Gasteiger partial charge in [-0.1, -0.05) is 36.4 Å². The van der Waals surface area contributed by atoms with Gasteiger partial charge in [-0.3, -0.25) is 0 Å². The van der Waals surface area contributed by atoms with E-state index in [0.717, 1.165) is 0 Å². The molecule has 1 aromatic heterocycles. The Hall–Kier alpha value is -2.28. The van der Waals surface area contributed by atoms with Gasteiger partial charge in [-0.05, 0) is 61.7 Å². The lowest BCUT2D eigenvalue weighted by Gasteiger charge is -2.13. The van der Waals surface area contributed by atoms with Crippen molar-refractivity contribution >= 4 is 0 Å². The normalized spacial score (nSPS) is 10.8. The summed E-state index contributed by atoms with van der Waals surface area (Å²) in [6.07, 6.45) is 0. The minimum atomic E-state index is 1.23. The third-order valence-electron chi connectivity index (χ3n) is 3.89. The first-order chi connectivity index (χ1) is 9.66. The molecule has 3 aromatic rings. The van der Waals surface area contributed by atoms with Crippen molar-refractivity contribution in [3.8, 4) is 16.9 Å². The predicted molar refractivity (Wildman–Crippen MR) is 85.4 cm³/mol. The van der Waals surface area contributed by atoms with Crippen LogP contribution in [0.5, 0.6) is 0 Å². The molecule has 0 aliphatic rings. The quantitative estimate of drug-likeness (QED) is 0.607. The Kier molecular flexibility index (Phi) is 3.19. The second-order valence-electron chi connectivity index (χ2n) is 5.33. The molecule has 0 N–H and O–H groups in total. The van der Waals surface area contributed by atoms with Crippen molar-refractivity contribution in [3.05, 3.63) is 77.5 Å². The summed E-state index contributed by atoms with van der Waals surface area (Å²) in [4.78, 5) is 0. The van der Waals surface area contributed by atoms with E-state index in [1.807, 2.05) is 0 Å². The molecule has 0 atom stereocenters. The molecule has 1 nitrogen and oxygen atoms in total. The Morgan fingerprint density at radius 3 is 2.15 bits per heavy atom. The average molecular weight is 261 g/mol. The number of aryl methyl sites for hydroxylation is 3. The van der Waals surface area contributed by atoms with Crippen LogP contribution in [0.2, 0.25) is 0 Å². The molecule has 0 saturated heterocycles. The predicted octanol–water partition coefficient (Wildman–Crippen LogP) is 5.07. The SMILES string of the molecule is Cc1ccc(-n2c(C)ccc2-c2ccccc2)cc1C. The van der Waals surface area contributed by atoms with Crippen LogP contribution in [-0.2, 0) is 0 Å². The van der Waals surface area contributed by atoms with Crippen molar-refractivity contribution in [2.75, 3.05) is 0 Å². The van der Waals surface area contributed by atoms with Gasteiger partial charge in [0.05, 0.1) is 5.69 Å². The van der Waals surface area contributed by atoms with E-state index in [9.17, 15) is 0 Å².